The lowest BCUT2D eigenvalue weighted by molar-refractivity contribution is 0.997. The molecule has 72 valence electrons. The van der Waals surface area contributed by atoms with Crippen molar-refractivity contribution in [3.8, 4) is 0 Å². The summed E-state index contributed by atoms with van der Waals surface area (Å²) in [6, 6.07) is 7.66. The fourth-order valence-corrected chi connectivity index (χ4v) is 3.60. The standard InChI is InChI=1S/C8H4BrClN2S2/c9-7-11-12-8(14-7)13-6-3-1-2-5(10)4-6/h1-4H. The summed E-state index contributed by atoms with van der Waals surface area (Å²) in [7, 11) is 0. The quantitative estimate of drug-likeness (QED) is 0.835. The van der Waals surface area contributed by atoms with Gasteiger partial charge in [-0.1, -0.05) is 40.8 Å². The predicted octanol–water partition coefficient (Wildman–Crippen LogP) is 4.11. The molecule has 0 atom stereocenters. The van der Waals surface area contributed by atoms with Gasteiger partial charge < -0.3 is 0 Å². The van der Waals surface area contributed by atoms with E-state index in [1.165, 1.54) is 11.3 Å². The van der Waals surface area contributed by atoms with Crippen molar-refractivity contribution < 1.29 is 0 Å². The normalized spacial score (nSPS) is 10.4. The third-order valence-corrected chi connectivity index (χ3v) is 4.01. The third-order valence-electron chi connectivity index (χ3n) is 1.38. The van der Waals surface area contributed by atoms with E-state index in [9.17, 15) is 0 Å². The van der Waals surface area contributed by atoms with E-state index in [0.717, 1.165) is 18.2 Å². The molecule has 14 heavy (non-hydrogen) atoms. The van der Waals surface area contributed by atoms with E-state index in [-0.39, 0.29) is 0 Å². The lowest BCUT2D eigenvalue weighted by Crippen LogP contribution is -1.72. The number of benzene rings is 1. The van der Waals surface area contributed by atoms with Crippen LogP contribution in [-0.4, -0.2) is 10.2 Å². The van der Waals surface area contributed by atoms with Gasteiger partial charge in [-0.05, 0) is 34.1 Å². The maximum atomic E-state index is 5.86. The van der Waals surface area contributed by atoms with Gasteiger partial charge in [-0.2, -0.15) is 0 Å². The van der Waals surface area contributed by atoms with Crippen molar-refractivity contribution in [3.63, 3.8) is 0 Å². The molecule has 1 heterocycles. The Morgan fingerprint density at radius 1 is 1.36 bits per heavy atom. The molecule has 1 aromatic heterocycles. The molecule has 0 saturated carbocycles. The number of halogens is 2. The van der Waals surface area contributed by atoms with E-state index in [2.05, 4.69) is 26.1 Å². The van der Waals surface area contributed by atoms with Crippen LogP contribution in [0.5, 0.6) is 0 Å². The van der Waals surface area contributed by atoms with Crippen LogP contribution in [0, 0.1) is 0 Å². The fourth-order valence-electron chi connectivity index (χ4n) is 0.866. The lowest BCUT2D eigenvalue weighted by atomic mass is 10.4. The number of hydrogen-bond donors (Lipinski definition) is 0. The molecule has 2 rings (SSSR count). The Labute approximate surface area is 103 Å². The summed E-state index contributed by atoms with van der Waals surface area (Å²) in [5, 5.41) is 8.58. The molecule has 0 saturated heterocycles. The van der Waals surface area contributed by atoms with Gasteiger partial charge >= 0.3 is 0 Å². The minimum Gasteiger partial charge on any atom is -0.130 e. The van der Waals surface area contributed by atoms with Gasteiger partial charge in [-0.15, -0.1) is 10.2 Å². The molecular formula is C8H4BrClN2S2. The molecule has 2 nitrogen and oxygen atoms in total. The van der Waals surface area contributed by atoms with Crippen LogP contribution in [0.3, 0.4) is 0 Å². The van der Waals surface area contributed by atoms with Gasteiger partial charge in [-0.3, -0.25) is 0 Å². The fraction of sp³-hybridized carbons (Fsp3) is 0. The molecule has 0 amide bonds. The van der Waals surface area contributed by atoms with Crippen molar-refractivity contribution >= 4 is 50.6 Å². The minimum absolute atomic E-state index is 0.735. The van der Waals surface area contributed by atoms with Crippen LogP contribution in [0.2, 0.25) is 5.02 Å². The van der Waals surface area contributed by atoms with Crippen molar-refractivity contribution in [3.05, 3.63) is 33.2 Å². The van der Waals surface area contributed by atoms with Crippen LogP contribution < -0.4 is 0 Å². The molecule has 2 aromatic rings. The first-order valence-electron chi connectivity index (χ1n) is 3.66. The maximum Gasteiger partial charge on any atom is 0.184 e. The highest BCUT2D eigenvalue weighted by atomic mass is 79.9. The third kappa shape index (κ3) is 2.70. The Hall–Kier alpha value is -0.100. The van der Waals surface area contributed by atoms with Crippen LogP contribution >= 0.6 is 50.6 Å². The Morgan fingerprint density at radius 3 is 2.86 bits per heavy atom. The van der Waals surface area contributed by atoms with E-state index in [1.54, 1.807) is 11.8 Å². The van der Waals surface area contributed by atoms with Crippen molar-refractivity contribution in [1.82, 2.24) is 10.2 Å². The van der Waals surface area contributed by atoms with Gasteiger partial charge in [-0.25, -0.2) is 0 Å². The van der Waals surface area contributed by atoms with Crippen molar-refractivity contribution in [2.24, 2.45) is 0 Å². The molecule has 6 heteroatoms. The lowest BCUT2D eigenvalue weighted by Gasteiger charge is -1.96. The van der Waals surface area contributed by atoms with Gasteiger partial charge in [0.25, 0.3) is 0 Å². The Bertz CT molecular complexity index is 446. The molecular weight excluding hydrogens is 304 g/mol. The Morgan fingerprint density at radius 2 is 2.21 bits per heavy atom. The minimum atomic E-state index is 0.735. The van der Waals surface area contributed by atoms with Gasteiger partial charge in [0, 0.05) is 9.92 Å². The van der Waals surface area contributed by atoms with E-state index in [4.69, 9.17) is 11.6 Å². The highest BCUT2D eigenvalue weighted by Crippen LogP contribution is 2.32. The highest BCUT2D eigenvalue weighted by Gasteiger charge is 2.03. The second-order valence-corrected chi connectivity index (χ2v) is 6.39. The summed E-state index contributed by atoms with van der Waals surface area (Å²) >= 11 is 12.2. The molecule has 0 radical (unpaired) electrons. The number of nitrogens with zero attached hydrogens (tertiary/aromatic N) is 2. The zero-order valence-corrected chi connectivity index (χ0v) is 10.8. The average molecular weight is 308 g/mol. The van der Waals surface area contributed by atoms with Crippen molar-refractivity contribution in [2.75, 3.05) is 0 Å². The zero-order chi connectivity index (χ0) is 9.97. The van der Waals surface area contributed by atoms with E-state index in [0.29, 0.717) is 0 Å². The molecule has 1 aromatic carbocycles. The second kappa shape index (κ2) is 4.61. The summed E-state index contributed by atoms with van der Waals surface area (Å²) in [6.45, 7) is 0. The average Bonchev–Trinajstić information content (AvgIpc) is 2.51. The number of aromatic nitrogens is 2. The SMILES string of the molecule is Clc1cccc(Sc2nnc(Br)s2)c1. The van der Waals surface area contributed by atoms with Gasteiger partial charge in [0.05, 0.1) is 0 Å². The maximum absolute atomic E-state index is 5.86. The zero-order valence-electron chi connectivity index (χ0n) is 6.78. The van der Waals surface area contributed by atoms with Gasteiger partial charge in [0.15, 0.2) is 8.26 Å². The van der Waals surface area contributed by atoms with Gasteiger partial charge in [0.1, 0.15) is 0 Å². The number of hydrogen-bond acceptors (Lipinski definition) is 4. The first kappa shape index (κ1) is 10.4. The van der Waals surface area contributed by atoms with Crippen LogP contribution in [0.25, 0.3) is 0 Å². The Balaban J connectivity index is 2.18. The topological polar surface area (TPSA) is 25.8 Å². The van der Waals surface area contributed by atoms with Crippen molar-refractivity contribution in [2.45, 2.75) is 9.24 Å². The van der Waals surface area contributed by atoms with Crippen LogP contribution in [0.15, 0.2) is 37.4 Å². The molecule has 0 aliphatic carbocycles. The second-order valence-electron chi connectivity index (χ2n) is 2.38. The first-order valence-corrected chi connectivity index (χ1v) is 6.47. The summed E-state index contributed by atoms with van der Waals surface area (Å²) in [4.78, 5) is 1.07. The molecule has 0 unspecified atom stereocenters. The van der Waals surface area contributed by atoms with E-state index < -0.39 is 0 Å². The predicted molar refractivity (Wildman–Crippen MR) is 63.2 cm³/mol. The molecule has 0 spiro atoms. The summed E-state index contributed by atoms with van der Waals surface area (Å²) < 4.78 is 1.70. The van der Waals surface area contributed by atoms with Crippen LogP contribution in [-0.2, 0) is 0 Å². The highest BCUT2D eigenvalue weighted by molar-refractivity contribution is 9.11. The molecule has 0 aliphatic rings. The Kier molecular flexibility index (Phi) is 3.43. The largest absolute Gasteiger partial charge is 0.184 e. The summed E-state index contributed by atoms with van der Waals surface area (Å²) in [5.74, 6) is 0. The van der Waals surface area contributed by atoms with E-state index >= 15 is 0 Å². The van der Waals surface area contributed by atoms with E-state index in [1.807, 2.05) is 24.3 Å². The smallest absolute Gasteiger partial charge is 0.130 e. The molecule has 0 fully saturated rings. The monoisotopic (exact) mass is 306 g/mol. The first-order chi connectivity index (χ1) is 6.74. The van der Waals surface area contributed by atoms with Crippen molar-refractivity contribution in [1.29, 1.82) is 0 Å². The molecule has 0 N–H and O–H groups in total. The number of rotatable bonds is 2. The van der Waals surface area contributed by atoms with Crippen LogP contribution in [0.1, 0.15) is 0 Å². The summed E-state index contributed by atoms with van der Waals surface area (Å²) in [5.41, 5.74) is 0. The van der Waals surface area contributed by atoms with Gasteiger partial charge in [0.2, 0.25) is 0 Å². The molecule has 0 bridgehead atoms. The van der Waals surface area contributed by atoms with Crippen LogP contribution in [0.4, 0.5) is 0 Å². The summed E-state index contributed by atoms with van der Waals surface area (Å²) in [6.07, 6.45) is 0. The molecule has 0 aliphatic heterocycles.